The molecule has 10 heteroatoms. The molecule has 0 aliphatic rings. The van der Waals surface area contributed by atoms with E-state index in [0.29, 0.717) is 30.2 Å². The molecule has 236 valence electrons. The lowest BCUT2D eigenvalue weighted by molar-refractivity contribution is -0.140. The number of amides is 2. The molecule has 0 unspecified atom stereocenters. The van der Waals surface area contributed by atoms with Gasteiger partial charge in [0.2, 0.25) is 11.8 Å². The Hall–Kier alpha value is -4.83. The molecule has 45 heavy (non-hydrogen) atoms. The number of hydrogen-bond donors (Lipinski definition) is 1. The number of benzene rings is 4. The van der Waals surface area contributed by atoms with E-state index in [-0.39, 0.29) is 23.0 Å². The van der Waals surface area contributed by atoms with Gasteiger partial charge in [-0.05, 0) is 79.1 Å². The number of hydrogen-bond acceptors (Lipinski definition) is 6. The summed E-state index contributed by atoms with van der Waals surface area (Å²) in [7, 11) is -2.63. The van der Waals surface area contributed by atoms with Gasteiger partial charge in [0.15, 0.2) is 0 Å². The van der Waals surface area contributed by atoms with Crippen molar-refractivity contribution < 1.29 is 27.5 Å². The zero-order chi connectivity index (χ0) is 32.2. The van der Waals surface area contributed by atoms with Crippen molar-refractivity contribution >= 4 is 27.5 Å². The van der Waals surface area contributed by atoms with Gasteiger partial charge in [0.25, 0.3) is 10.0 Å². The van der Waals surface area contributed by atoms with Crippen LogP contribution in [0.1, 0.15) is 32.3 Å². The molecule has 9 nitrogen and oxygen atoms in total. The predicted octanol–water partition coefficient (Wildman–Crippen LogP) is 6.02. The number of nitrogens with one attached hydrogen (secondary N) is 1. The van der Waals surface area contributed by atoms with Crippen molar-refractivity contribution in [2.45, 2.75) is 44.2 Å². The molecular formula is C35H39N3O6S. The van der Waals surface area contributed by atoms with Gasteiger partial charge in [-0.2, -0.15) is 0 Å². The molecule has 4 aromatic rings. The average molecular weight is 630 g/mol. The molecule has 1 atom stereocenters. The largest absolute Gasteiger partial charge is 0.497 e. The van der Waals surface area contributed by atoms with Crippen LogP contribution in [0, 0.1) is 0 Å². The Labute approximate surface area is 265 Å². The second kappa shape index (κ2) is 15.8. The van der Waals surface area contributed by atoms with Crippen molar-refractivity contribution in [1.82, 2.24) is 10.2 Å². The van der Waals surface area contributed by atoms with Crippen molar-refractivity contribution in [3.8, 4) is 17.2 Å². The Morgan fingerprint density at radius 1 is 0.800 bits per heavy atom. The number of nitrogens with zero attached hydrogens (tertiary/aromatic N) is 2. The van der Waals surface area contributed by atoms with E-state index in [2.05, 4.69) is 5.32 Å². The second-order valence-electron chi connectivity index (χ2n) is 10.3. The van der Waals surface area contributed by atoms with Crippen molar-refractivity contribution in [3.05, 3.63) is 115 Å². The number of para-hydroxylation sites is 1. The summed E-state index contributed by atoms with van der Waals surface area (Å²) in [4.78, 5) is 29.0. The van der Waals surface area contributed by atoms with Crippen LogP contribution >= 0.6 is 0 Å². The average Bonchev–Trinajstić information content (AvgIpc) is 3.07. The van der Waals surface area contributed by atoms with E-state index in [0.717, 1.165) is 16.3 Å². The van der Waals surface area contributed by atoms with Crippen LogP contribution in [0.3, 0.4) is 0 Å². The Kier molecular flexibility index (Phi) is 11.6. The molecule has 0 spiro atoms. The van der Waals surface area contributed by atoms with Gasteiger partial charge in [-0.15, -0.1) is 0 Å². The van der Waals surface area contributed by atoms with E-state index >= 15 is 0 Å². The molecule has 1 N–H and O–H groups in total. The maximum Gasteiger partial charge on any atom is 0.264 e. The van der Waals surface area contributed by atoms with Crippen LogP contribution in [0.25, 0.3) is 0 Å². The summed E-state index contributed by atoms with van der Waals surface area (Å²) in [5.41, 5.74) is 1.02. The normalized spacial score (nSPS) is 11.7. The molecule has 0 aromatic heterocycles. The smallest absolute Gasteiger partial charge is 0.264 e. The van der Waals surface area contributed by atoms with Crippen molar-refractivity contribution in [1.29, 1.82) is 0 Å². The molecule has 4 rings (SSSR count). The van der Waals surface area contributed by atoms with E-state index in [1.807, 2.05) is 50.2 Å². The highest BCUT2D eigenvalue weighted by atomic mass is 32.2. The Balaban J connectivity index is 1.71. The van der Waals surface area contributed by atoms with Gasteiger partial charge in [0.1, 0.15) is 29.8 Å². The van der Waals surface area contributed by atoms with Crippen molar-refractivity contribution in [3.63, 3.8) is 0 Å². The number of carbonyl (C=O) groups excluding carboxylic acids is 2. The Morgan fingerprint density at radius 2 is 1.42 bits per heavy atom. The summed E-state index contributed by atoms with van der Waals surface area (Å²) in [5.74, 6) is 0.923. The molecule has 0 fully saturated rings. The molecule has 4 aromatic carbocycles. The fourth-order valence-electron chi connectivity index (χ4n) is 4.81. The maximum atomic E-state index is 14.2. The third kappa shape index (κ3) is 8.63. The number of ether oxygens (including phenoxy) is 2. The van der Waals surface area contributed by atoms with Crippen LogP contribution in [0.15, 0.2) is 114 Å². The Morgan fingerprint density at radius 3 is 2.04 bits per heavy atom. The Bertz CT molecular complexity index is 1650. The second-order valence-corrected chi connectivity index (χ2v) is 12.2. The minimum Gasteiger partial charge on any atom is -0.497 e. The zero-order valence-electron chi connectivity index (χ0n) is 25.8. The summed E-state index contributed by atoms with van der Waals surface area (Å²) < 4.78 is 40.4. The summed E-state index contributed by atoms with van der Waals surface area (Å²) in [6, 6.07) is 30.1. The highest BCUT2D eigenvalue weighted by molar-refractivity contribution is 7.92. The molecule has 2 amide bonds. The topological polar surface area (TPSA) is 105 Å². The highest BCUT2D eigenvalue weighted by Crippen LogP contribution is 2.29. The van der Waals surface area contributed by atoms with E-state index in [4.69, 9.17) is 9.47 Å². The lowest BCUT2D eigenvalue weighted by Gasteiger charge is -2.33. The fraction of sp³-hybridized carbons (Fsp3) is 0.257. The molecule has 0 heterocycles. The van der Waals surface area contributed by atoms with E-state index in [1.54, 1.807) is 67.8 Å². The first-order chi connectivity index (χ1) is 21.8. The van der Waals surface area contributed by atoms with Crippen LogP contribution in [-0.2, 0) is 26.2 Å². The molecule has 0 bridgehead atoms. The summed E-state index contributed by atoms with van der Waals surface area (Å²) in [6.45, 7) is 3.78. The summed E-state index contributed by atoms with van der Waals surface area (Å²) in [5, 5.41) is 2.89. The van der Waals surface area contributed by atoms with Gasteiger partial charge in [0, 0.05) is 13.1 Å². The minimum atomic E-state index is -4.18. The number of methoxy groups -OCH3 is 1. The summed E-state index contributed by atoms with van der Waals surface area (Å²) in [6.07, 6.45) is 1.07. The minimum absolute atomic E-state index is 0.0366. The van der Waals surface area contributed by atoms with Gasteiger partial charge in [0.05, 0.1) is 17.7 Å². The van der Waals surface area contributed by atoms with Crippen LogP contribution in [0.5, 0.6) is 17.2 Å². The van der Waals surface area contributed by atoms with Gasteiger partial charge in [-0.25, -0.2) is 8.42 Å². The van der Waals surface area contributed by atoms with Crippen LogP contribution in [0.4, 0.5) is 5.69 Å². The van der Waals surface area contributed by atoms with Crippen LogP contribution < -0.4 is 19.1 Å². The number of sulfonamides is 1. The van der Waals surface area contributed by atoms with Crippen LogP contribution in [0.2, 0.25) is 0 Å². The van der Waals surface area contributed by atoms with Gasteiger partial charge in [-0.3, -0.25) is 13.9 Å². The van der Waals surface area contributed by atoms with Gasteiger partial charge >= 0.3 is 0 Å². The molecule has 0 aliphatic carbocycles. The third-order valence-electron chi connectivity index (χ3n) is 7.14. The van der Waals surface area contributed by atoms with E-state index in [1.165, 1.54) is 17.0 Å². The molecule has 0 saturated carbocycles. The quantitative estimate of drug-likeness (QED) is 0.173. The molecule has 0 saturated heterocycles. The SMILES string of the molecule is CCCNC(=O)[C@H](CC)N(Cc1cccc(OC)c1)C(=O)CN(c1ccc(Oc2ccccc2)cc1)S(=O)(=O)c1ccccc1. The molecule has 0 aliphatic heterocycles. The first-order valence-electron chi connectivity index (χ1n) is 14.9. The lowest BCUT2D eigenvalue weighted by Crippen LogP contribution is -2.52. The molecule has 0 radical (unpaired) electrons. The standard InChI is InChI=1S/C35H39N3O6S/c1-4-23-36-35(40)33(5-2)37(25-27-13-12-16-31(24-27)43-3)34(39)26-38(45(41,42)32-17-10-7-11-18-32)28-19-21-30(22-20-28)44-29-14-8-6-9-15-29/h6-22,24,33H,4-5,23,25-26H2,1-3H3,(H,36,40)/t33-/m0/s1. The van der Waals surface area contributed by atoms with E-state index < -0.39 is 28.5 Å². The van der Waals surface area contributed by atoms with Crippen LogP contribution in [-0.4, -0.2) is 51.4 Å². The fourth-order valence-corrected chi connectivity index (χ4v) is 6.24. The highest BCUT2D eigenvalue weighted by Gasteiger charge is 2.33. The molecular weight excluding hydrogens is 590 g/mol. The predicted molar refractivity (Wildman–Crippen MR) is 175 cm³/mol. The van der Waals surface area contributed by atoms with Crippen molar-refractivity contribution in [2.75, 3.05) is 24.5 Å². The first-order valence-corrected chi connectivity index (χ1v) is 16.3. The lowest BCUT2D eigenvalue weighted by atomic mass is 10.1. The monoisotopic (exact) mass is 629 g/mol. The van der Waals surface area contributed by atoms with E-state index in [9.17, 15) is 18.0 Å². The number of carbonyl (C=O) groups is 2. The maximum absolute atomic E-state index is 14.2. The summed E-state index contributed by atoms with van der Waals surface area (Å²) >= 11 is 0. The number of rotatable bonds is 15. The van der Waals surface area contributed by atoms with Crippen molar-refractivity contribution in [2.24, 2.45) is 0 Å². The zero-order valence-corrected chi connectivity index (χ0v) is 26.6. The third-order valence-corrected chi connectivity index (χ3v) is 8.92. The van der Waals surface area contributed by atoms with Gasteiger partial charge < -0.3 is 19.7 Å². The van der Waals surface area contributed by atoms with Gasteiger partial charge in [-0.1, -0.05) is 62.4 Å². The first kappa shape index (κ1) is 33.1. The number of anilines is 1.